The Morgan fingerprint density at radius 2 is 2.00 bits per heavy atom. The van der Waals surface area contributed by atoms with Crippen LogP contribution >= 0.6 is 0 Å². The lowest BCUT2D eigenvalue weighted by Gasteiger charge is -2.05. The fourth-order valence-electron chi connectivity index (χ4n) is 1.79. The molecule has 0 fully saturated rings. The molecule has 0 saturated carbocycles. The van der Waals surface area contributed by atoms with Crippen molar-refractivity contribution in [3.63, 3.8) is 0 Å². The maximum atomic E-state index is 11.9. The normalized spacial score (nSPS) is 11.5. The third-order valence-electron chi connectivity index (χ3n) is 2.98. The average molecular weight is 324 g/mol. The molecule has 0 aliphatic heterocycles. The Morgan fingerprint density at radius 1 is 1.32 bits per heavy atom. The van der Waals surface area contributed by atoms with Crippen molar-refractivity contribution in [1.82, 2.24) is 9.55 Å². The first kappa shape index (κ1) is 16.2. The van der Waals surface area contributed by atoms with Gasteiger partial charge in [-0.1, -0.05) is 17.7 Å². The van der Waals surface area contributed by atoms with Crippen LogP contribution in [0.5, 0.6) is 0 Å². The predicted molar refractivity (Wildman–Crippen MR) is 78.3 cm³/mol. The van der Waals surface area contributed by atoms with Crippen LogP contribution in [0.1, 0.15) is 17.7 Å². The molecule has 1 aromatic carbocycles. The van der Waals surface area contributed by atoms with Crippen LogP contribution in [0.2, 0.25) is 0 Å². The van der Waals surface area contributed by atoms with Gasteiger partial charge in [0.1, 0.15) is 6.33 Å². The molecule has 0 unspecified atom stereocenters. The first-order chi connectivity index (χ1) is 10.4. The minimum Gasteiger partial charge on any atom is -0.464 e. The number of aryl methyl sites for hydroxylation is 2. The zero-order valence-corrected chi connectivity index (χ0v) is 12.8. The Morgan fingerprint density at radius 3 is 2.59 bits per heavy atom. The van der Waals surface area contributed by atoms with E-state index >= 15 is 0 Å². The Balaban J connectivity index is 1.85. The third kappa shape index (κ3) is 4.15. The molecule has 1 N–H and O–H groups in total. The molecule has 0 radical (unpaired) electrons. The SMILES string of the molecule is Cc1ccc(S(=O)(=O)OCCCc2cn(C(=O)O)cn2)cc1. The largest absolute Gasteiger partial charge is 0.464 e. The van der Waals surface area contributed by atoms with Crippen LogP contribution in [-0.4, -0.2) is 35.8 Å². The van der Waals surface area contributed by atoms with E-state index in [1.165, 1.54) is 24.7 Å². The van der Waals surface area contributed by atoms with Crippen molar-refractivity contribution in [2.45, 2.75) is 24.7 Å². The van der Waals surface area contributed by atoms with E-state index in [4.69, 9.17) is 9.29 Å². The highest BCUT2D eigenvalue weighted by molar-refractivity contribution is 7.86. The number of carboxylic acid groups (broad SMARTS) is 1. The summed E-state index contributed by atoms with van der Waals surface area (Å²) in [4.78, 5) is 14.7. The van der Waals surface area contributed by atoms with E-state index in [1.54, 1.807) is 12.1 Å². The van der Waals surface area contributed by atoms with Gasteiger partial charge in [-0.15, -0.1) is 0 Å². The number of nitrogens with zero attached hydrogens (tertiary/aromatic N) is 2. The van der Waals surface area contributed by atoms with E-state index in [1.807, 2.05) is 6.92 Å². The highest BCUT2D eigenvalue weighted by atomic mass is 32.2. The summed E-state index contributed by atoms with van der Waals surface area (Å²) in [5.74, 6) is 0. The van der Waals surface area contributed by atoms with E-state index < -0.39 is 16.2 Å². The summed E-state index contributed by atoms with van der Waals surface area (Å²) in [7, 11) is -3.76. The molecule has 0 aliphatic rings. The molecule has 2 aromatic rings. The summed E-state index contributed by atoms with van der Waals surface area (Å²) in [5, 5.41) is 8.74. The second-order valence-electron chi connectivity index (χ2n) is 4.75. The molecule has 0 atom stereocenters. The molecule has 8 heteroatoms. The number of imidazole rings is 1. The predicted octanol–water partition coefficient (Wildman–Crippen LogP) is 2.06. The Labute approximate surface area is 128 Å². The number of carbonyl (C=O) groups is 1. The number of benzene rings is 1. The summed E-state index contributed by atoms with van der Waals surface area (Å²) < 4.78 is 29.8. The summed E-state index contributed by atoms with van der Waals surface area (Å²) >= 11 is 0. The van der Waals surface area contributed by atoms with Gasteiger partial charge in [0.2, 0.25) is 0 Å². The van der Waals surface area contributed by atoms with Crippen molar-refractivity contribution in [2.24, 2.45) is 0 Å². The molecule has 1 heterocycles. The van der Waals surface area contributed by atoms with E-state index in [0.717, 1.165) is 10.1 Å². The standard InChI is InChI=1S/C14H16N2O5S/c1-11-4-6-13(7-5-11)22(19,20)21-8-2-3-12-9-16(10-15-12)14(17)18/h4-7,9-10H,2-3,8H2,1H3,(H,17,18). The molecule has 2 rings (SSSR count). The number of rotatable bonds is 6. The van der Waals surface area contributed by atoms with Crippen LogP contribution in [0.15, 0.2) is 41.7 Å². The van der Waals surface area contributed by atoms with Crippen LogP contribution in [-0.2, 0) is 20.7 Å². The number of hydrogen-bond acceptors (Lipinski definition) is 5. The van der Waals surface area contributed by atoms with Crippen molar-refractivity contribution < 1.29 is 22.5 Å². The first-order valence-corrected chi connectivity index (χ1v) is 8.01. The van der Waals surface area contributed by atoms with Gasteiger partial charge in [0.05, 0.1) is 17.2 Å². The van der Waals surface area contributed by atoms with Crippen LogP contribution in [0.25, 0.3) is 0 Å². The number of aromatic nitrogens is 2. The quantitative estimate of drug-likeness (QED) is 0.645. The monoisotopic (exact) mass is 324 g/mol. The summed E-state index contributed by atoms with van der Waals surface area (Å²) in [6.07, 6.45) is 2.32. The molecule has 22 heavy (non-hydrogen) atoms. The van der Waals surface area contributed by atoms with Crippen molar-refractivity contribution in [2.75, 3.05) is 6.61 Å². The van der Waals surface area contributed by atoms with Gasteiger partial charge >= 0.3 is 6.09 Å². The third-order valence-corrected chi connectivity index (χ3v) is 4.31. The Kier molecular flexibility index (Phi) is 4.94. The molecule has 7 nitrogen and oxygen atoms in total. The summed E-state index contributed by atoms with van der Waals surface area (Å²) in [6.45, 7) is 1.88. The van der Waals surface area contributed by atoms with Gasteiger partial charge in [0.15, 0.2) is 0 Å². The smallest absolute Gasteiger partial charge is 0.416 e. The van der Waals surface area contributed by atoms with Crippen LogP contribution in [0.4, 0.5) is 4.79 Å². The van der Waals surface area contributed by atoms with E-state index in [9.17, 15) is 13.2 Å². The molecule has 0 spiro atoms. The van der Waals surface area contributed by atoms with Crippen molar-refractivity contribution in [1.29, 1.82) is 0 Å². The minimum atomic E-state index is -3.76. The molecule has 118 valence electrons. The lowest BCUT2D eigenvalue weighted by atomic mass is 10.2. The van der Waals surface area contributed by atoms with Gasteiger partial charge in [-0.25, -0.2) is 14.3 Å². The first-order valence-electron chi connectivity index (χ1n) is 6.61. The Bertz CT molecular complexity index is 750. The summed E-state index contributed by atoms with van der Waals surface area (Å²) in [6, 6.07) is 6.40. The lowest BCUT2D eigenvalue weighted by Crippen LogP contribution is -2.08. The van der Waals surface area contributed by atoms with E-state index in [0.29, 0.717) is 18.5 Å². The molecule has 1 aromatic heterocycles. The van der Waals surface area contributed by atoms with Crippen molar-refractivity contribution in [3.8, 4) is 0 Å². The highest BCUT2D eigenvalue weighted by Gasteiger charge is 2.14. The minimum absolute atomic E-state index is 0.0101. The van der Waals surface area contributed by atoms with Crippen LogP contribution in [0.3, 0.4) is 0 Å². The molecular weight excluding hydrogens is 308 g/mol. The van der Waals surface area contributed by atoms with Gasteiger partial charge in [-0.3, -0.25) is 4.18 Å². The Hall–Kier alpha value is -2.19. The van der Waals surface area contributed by atoms with E-state index in [-0.39, 0.29) is 11.5 Å². The lowest BCUT2D eigenvalue weighted by molar-refractivity contribution is 0.196. The zero-order valence-electron chi connectivity index (χ0n) is 12.0. The van der Waals surface area contributed by atoms with Crippen molar-refractivity contribution >= 4 is 16.2 Å². The maximum Gasteiger partial charge on any atom is 0.416 e. The molecule has 0 amide bonds. The van der Waals surface area contributed by atoms with Gasteiger partial charge in [0, 0.05) is 6.20 Å². The molecule has 0 aliphatic carbocycles. The number of hydrogen-bond donors (Lipinski definition) is 1. The van der Waals surface area contributed by atoms with Gasteiger partial charge in [-0.2, -0.15) is 8.42 Å². The van der Waals surface area contributed by atoms with Gasteiger partial charge in [0.25, 0.3) is 10.1 Å². The van der Waals surface area contributed by atoms with Gasteiger partial charge < -0.3 is 5.11 Å². The second kappa shape index (κ2) is 6.71. The topological polar surface area (TPSA) is 98.5 Å². The molecular formula is C14H16N2O5S. The maximum absolute atomic E-state index is 11.9. The highest BCUT2D eigenvalue weighted by Crippen LogP contribution is 2.13. The molecule has 0 saturated heterocycles. The summed E-state index contributed by atoms with van der Waals surface area (Å²) in [5.41, 5.74) is 1.53. The fraction of sp³-hybridized carbons (Fsp3) is 0.286. The molecule has 0 bridgehead atoms. The fourth-order valence-corrected chi connectivity index (χ4v) is 2.73. The average Bonchev–Trinajstić information content (AvgIpc) is 2.93. The van der Waals surface area contributed by atoms with Crippen LogP contribution < -0.4 is 0 Å². The van der Waals surface area contributed by atoms with Crippen LogP contribution in [0, 0.1) is 6.92 Å². The second-order valence-corrected chi connectivity index (χ2v) is 6.36. The van der Waals surface area contributed by atoms with Crippen molar-refractivity contribution in [3.05, 3.63) is 48.0 Å². The van der Waals surface area contributed by atoms with Gasteiger partial charge in [-0.05, 0) is 31.9 Å². The van der Waals surface area contributed by atoms with E-state index in [2.05, 4.69) is 4.98 Å². The zero-order chi connectivity index (χ0) is 16.2.